The van der Waals surface area contributed by atoms with E-state index in [0.29, 0.717) is 19.8 Å². The normalized spacial score (nSPS) is 12.1. The Balaban J connectivity index is 1.45. The number of nitrogens with one attached hydrogen (secondary N) is 2. The van der Waals surface area contributed by atoms with Crippen molar-refractivity contribution in [3.05, 3.63) is 89.7 Å². The highest BCUT2D eigenvalue weighted by Crippen LogP contribution is 2.31. The molecule has 0 spiro atoms. The Morgan fingerprint density at radius 2 is 1.87 bits per heavy atom. The third-order valence-electron chi connectivity index (χ3n) is 5.33. The number of fused-ring (bicyclic) bond motifs is 1. The van der Waals surface area contributed by atoms with E-state index >= 15 is 0 Å². The second kappa shape index (κ2) is 10.1. The summed E-state index contributed by atoms with van der Waals surface area (Å²) < 4.78 is 25.2. The third kappa shape index (κ3) is 5.22. The van der Waals surface area contributed by atoms with Gasteiger partial charge in [-0.25, -0.2) is 4.39 Å². The molecule has 0 saturated heterocycles. The number of H-pyrrole nitrogens is 1. The molecule has 3 aromatic carbocycles. The molecule has 0 aliphatic carbocycles. The summed E-state index contributed by atoms with van der Waals surface area (Å²) in [4.78, 5) is 0. The number of halogens is 1. The van der Waals surface area contributed by atoms with Gasteiger partial charge in [-0.1, -0.05) is 48.5 Å². The van der Waals surface area contributed by atoms with E-state index in [1.54, 1.807) is 19.2 Å². The van der Waals surface area contributed by atoms with Crippen molar-refractivity contribution in [1.82, 2.24) is 10.2 Å². The van der Waals surface area contributed by atoms with E-state index in [0.717, 1.165) is 40.0 Å². The molecule has 6 heteroatoms. The molecule has 1 unspecified atom stereocenters. The van der Waals surface area contributed by atoms with Crippen molar-refractivity contribution in [3.63, 3.8) is 0 Å². The van der Waals surface area contributed by atoms with Crippen LogP contribution in [0.1, 0.15) is 23.5 Å². The Morgan fingerprint density at radius 1 is 1.03 bits per heavy atom. The summed E-state index contributed by atoms with van der Waals surface area (Å²) in [6, 6.07) is 22.6. The average Bonchev–Trinajstić information content (AvgIpc) is 3.22. The third-order valence-corrected chi connectivity index (χ3v) is 5.33. The minimum atomic E-state index is -0.236. The number of ether oxygens (including phenoxy) is 2. The number of aromatic amines is 1. The van der Waals surface area contributed by atoms with Gasteiger partial charge in [0.2, 0.25) is 0 Å². The van der Waals surface area contributed by atoms with Crippen LogP contribution in [-0.2, 0) is 11.3 Å². The molecule has 1 aromatic heterocycles. The molecule has 0 radical (unpaired) electrons. The fourth-order valence-electron chi connectivity index (χ4n) is 3.70. The predicted molar refractivity (Wildman–Crippen MR) is 121 cm³/mol. The van der Waals surface area contributed by atoms with Gasteiger partial charge < -0.3 is 14.8 Å². The van der Waals surface area contributed by atoms with Crippen LogP contribution >= 0.6 is 0 Å². The number of nitrogens with zero attached hydrogens (tertiary/aromatic N) is 1. The number of hydrogen-bond donors (Lipinski definition) is 2. The van der Waals surface area contributed by atoms with Gasteiger partial charge >= 0.3 is 0 Å². The van der Waals surface area contributed by atoms with Crippen molar-refractivity contribution in [1.29, 1.82) is 0 Å². The van der Waals surface area contributed by atoms with E-state index in [1.165, 1.54) is 6.07 Å². The lowest BCUT2D eigenvalue weighted by Crippen LogP contribution is -2.15. The monoisotopic (exact) mass is 419 g/mol. The Hall–Kier alpha value is -3.38. The predicted octanol–water partition coefficient (Wildman–Crippen LogP) is 5.51. The van der Waals surface area contributed by atoms with Gasteiger partial charge in [-0.15, -0.1) is 0 Å². The number of rotatable bonds is 10. The van der Waals surface area contributed by atoms with Crippen LogP contribution in [0.2, 0.25) is 0 Å². The van der Waals surface area contributed by atoms with Crippen LogP contribution in [-0.4, -0.2) is 30.5 Å². The van der Waals surface area contributed by atoms with Gasteiger partial charge in [0.15, 0.2) is 5.82 Å². The maximum absolute atomic E-state index is 13.9. The smallest absolute Gasteiger partial charge is 0.159 e. The first kappa shape index (κ1) is 20.9. The van der Waals surface area contributed by atoms with E-state index in [2.05, 4.69) is 15.5 Å². The van der Waals surface area contributed by atoms with Crippen molar-refractivity contribution in [2.24, 2.45) is 0 Å². The highest BCUT2D eigenvalue weighted by molar-refractivity contribution is 5.95. The molecule has 0 amide bonds. The highest BCUT2D eigenvalue weighted by Gasteiger charge is 2.16. The molecule has 160 valence electrons. The maximum Gasteiger partial charge on any atom is 0.159 e. The number of benzene rings is 3. The first-order valence-electron chi connectivity index (χ1n) is 10.4. The SMILES string of the molecule is COc1cccc2[nH]nc(NCC(CCOCc3ccccc3)c3cccc(F)c3)c12. The van der Waals surface area contributed by atoms with Crippen LogP contribution in [0.5, 0.6) is 5.75 Å². The first-order valence-corrected chi connectivity index (χ1v) is 10.4. The van der Waals surface area contributed by atoms with Crippen LogP contribution in [0.3, 0.4) is 0 Å². The average molecular weight is 420 g/mol. The molecular formula is C25H26FN3O2. The quantitative estimate of drug-likeness (QED) is 0.333. The van der Waals surface area contributed by atoms with Crippen LogP contribution in [0.15, 0.2) is 72.8 Å². The van der Waals surface area contributed by atoms with E-state index in [9.17, 15) is 4.39 Å². The van der Waals surface area contributed by atoms with Crippen molar-refractivity contribution in [2.75, 3.05) is 25.6 Å². The van der Waals surface area contributed by atoms with Crippen molar-refractivity contribution >= 4 is 16.7 Å². The molecule has 0 bridgehead atoms. The molecule has 0 aliphatic heterocycles. The van der Waals surface area contributed by atoms with Gasteiger partial charge in [0.25, 0.3) is 0 Å². The Bertz CT molecular complexity index is 1110. The molecule has 1 heterocycles. The fourth-order valence-corrected chi connectivity index (χ4v) is 3.70. The van der Waals surface area contributed by atoms with Crippen LogP contribution in [0, 0.1) is 5.82 Å². The molecular weight excluding hydrogens is 393 g/mol. The molecule has 5 nitrogen and oxygen atoms in total. The standard InChI is InChI=1S/C25H26FN3O2/c1-30-23-12-6-11-22-24(23)25(29-28-22)27-16-20(19-9-5-10-21(26)15-19)13-14-31-17-18-7-3-2-4-8-18/h2-12,15,20H,13-14,16-17H2,1H3,(H2,27,28,29). The molecule has 4 aromatic rings. The van der Waals surface area contributed by atoms with Crippen LogP contribution in [0.25, 0.3) is 10.9 Å². The van der Waals surface area contributed by atoms with Gasteiger partial charge in [0.1, 0.15) is 11.6 Å². The Labute approximate surface area is 181 Å². The largest absolute Gasteiger partial charge is 0.496 e. The van der Waals surface area contributed by atoms with E-state index in [1.807, 2.05) is 54.6 Å². The minimum absolute atomic E-state index is 0.0629. The lowest BCUT2D eigenvalue weighted by Gasteiger charge is -2.19. The summed E-state index contributed by atoms with van der Waals surface area (Å²) in [5.74, 6) is 1.30. The van der Waals surface area contributed by atoms with E-state index in [-0.39, 0.29) is 11.7 Å². The molecule has 1 atom stereocenters. The zero-order valence-electron chi connectivity index (χ0n) is 17.5. The molecule has 0 aliphatic rings. The molecule has 31 heavy (non-hydrogen) atoms. The first-order chi connectivity index (χ1) is 15.2. The summed E-state index contributed by atoms with van der Waals surface area (Å²) in [5.41, 5.74) is 2.97. The summed E-state index contributed by atoms with van der Waals surface area (Å²) in [5, 5.41) is 11.8. The summed E-state index contributed by atoms with van der Waals surface area (Å²) >= 11 is 0. The molecule has 4 rings (SSSR count). The number of methoxy groups -OCH3 is 1. The number of aromatic nitrogens is 2. The second-order valence-corrected chi connectivity index (χ2v) is 7.41. The summed E-state index contributed by atoms with van der Waals surface area (Å²) in [6.45, 7) is 1.73. The minimum Gasteiger partial charge on any atom is -0.496 e. The zero-order valence-corrected chi connectivity index (χ0v) is 17.5. The summed E-state index contributed by atoms with van der Waals surface area (Å²) in [7, 11) is 1.64. The van der Waals surface area contributed by atoms with Gasteiger partial charge in [-0.2, -0.15) is 5.10 Å². The van der Waals surface area contributed by atoms with Crippen molar-refractivity contribution in [3.8, 4) is 5.75 Å². The van der Waals surface area contributed by atoms with Gasteiger partial charge in [-0.05, 0) is 41.8 Å². The molecule has 0 fully saturated rings. The van der Waals surface area contributed by atoms with Gasteiger partial charge in [0, 0.05) is 19.1 Å². The zero-order chi connectivity index (χ0) is 21.5. The molecule has 2 N–H and O–H groups in total. The topological polar surface area (TPSA) is 59.2 Å². The van der Waals surface area contributed by atoms with E-state index < -0.39 is 0 Å². The van der Waals surface area contributed by atoms with Gasteiger partial charge in [-0.3, -0.25) is 5.10 Å². The summed E-state index contributed by atoms with van der Waals surface area (Å²) in [6.07, 6.45) is 0.753. The second-order valence-electron chi connectivity index (χ2n) is 7.41. The number of anilines is 1. The van der Waals surface area contributed by atoms with Crippen LogP contribution in [0.4, 0.5) is 10.2 Å². The molecule has 0 saturated carbocycles. The maximum atomic E-state index is 13.9. The Morgan fingerprint density at radius 3 is 2.68 bits per heavy atom. The van der Waals surface area contributed by atoms with Crippen molar-refractivity contribution < 1.29 is 13.9 Å². The van der Waals surface area contributed by atoms with Gasteiger partial charge in [0.05, 0.1) is 24.6 Å². The highest BCUT2D eigenvalue weighted by atomic mass is 19.1. The van der Waals surface area contributed by atoms with E-state index in [4.69, 9.17) is 9.47 Å². The van der Waals surface area contributed by atoms with Crippen LogP contribution < -0.4 is 10.1 Å². The number of hydrogen-bond acceptors (Lipinski definition) is 4. The van der Waals surface area contributed by atoms with Crippen molar-refractivity contribution in [2.45, 2.75) is 18.9 Å². The lowest BCUT2D eigenvalue weighted by atomic mass is 9.95. The lowest BCUT2D eigenvalue weighted by molar-refractivity contribution is 0.114. The Kier molecular flexibility index (Phi) is 6.79. The fraction of sp³-hybridized carbons (Fsp3) is 0.240.